The molecule has 0 aliphatic carbocycles. The average molecular weight is 261 g/mol. The van der Waals surface area contributed by atoms with Crippen molar-refractivity contribution in [2.24, 2.45) is 0 Å². The maximum Gasteiger partial charge on any atom is 0.197 e. The first kappa shape index (κ1) is 11.0. The van der Waals surface area contributed by atoms with E-state index in [1.165, 1.54) is 0 Å². The smallest absolute Gasteiger partial charge is 0.197 e. The van der Waals surface area contributed by atoms with E-state index < -0.39 is 0 Å². The minimum atomic E-state index is 0.346. The highest BCUT2D eigenvalue weighted by molar-refractivity contribution is 6.29. The molecule has 3 aromatic rings. The number of fused-ring (bicyclic) bond motifs is 1. The monoisotopic (exact) mass is 260 g/mol. The molecule has 0 radical (unpaired) electrons. The number of pyridine rings is 1. The first-order valence-corrected chi connectivity index (χ1v) is 5.70. The lowest BCUT2D eigenvalue weighted by Crippen LogP contribution is -1.95. The molecule has 0 saturated heterocycles. The quantitative estimate of drug-likeness (QED) is 0.711. The Balaban J connectivity index is 2.10. The highest BCUT2D eigenvalue weighted by Gasteiger charge is 2.10. The molecule has 0 atom stereocenters. The molecule has 0 amide bonds. The van der Waals surface area contributed by atoms with E-state index in [1.54, 1.807) is 35.2 Å². The molecule has 3 aromatic heterocycles. The van der Waals surface area contributed by atoms with Crippen LogP contribution in [-0.2, 0) is 0 Å². The topological polar surface area (TPSA) is 52.3 Å². The van der Waals surface area contributed by atoms with Gasteiger partial charge in [0, 0.05) is 12.3 Å². The molecular weight excluding hydrogens is 252 g/mol. The van der Waals surface area contributed by atoms with Crippen molar-refractivity contribution in [2.75, 3.05) is 0 Å². The molecule has 0 aliphatic heterocycles. The minimum Gasteiger partial charge on any atom is -0.452 e. The van der Waals surface area contributed by atoms with Crippen LogP contribution in [0.3, 0.4) is 0 Å². The van der Waals surface area contributed by atoms with Gasteiger partial charge in [-0.05, 0) is 19.1 Å². The van der Waals surface area contributed by atoms with E-state index in [2.05, 4.69) is 15.1 Å². The standard InChI is InChI=1S/C12H9ClN4O/c1-8-7-17-12(15-8)10(5-11(13)16-17)18-9-3-2-4-14-6-9/h2-7H,1H3. The molecule has 0 fully saturated rings. The molecule has 90 valence electrons. The van der Waals surface area contributed by atoms with Crippen LogP contribution < -0.4 is 4.74 Å². The second-order valence-electron chi connectivity index (χ2n) is 3.77. The van der Waals surface area contributed by atoms with Crippen molar-refractivity contribution < 1.29 is 4.74 Å². The van der Waals surface area contributed by atoms with E-state index in [0.29, 0.717) is 22.3 Å². The van der Waals surface area contributed by atoms with Gasteiger partial charge in [-0.25, -0.2) is 9.50 Å². The summed E-state index contributed by atoms with van der Waals surface area (Å²) in [6.07, 6.45) is 5.10. The molecular formula is C12H9ClN4O. The third-order valence-corrected chi connectivity index (χ3v) is 2.53. The number of hydrogen-bond donors (Lipinski definition) is 0. The number of halogens is 1. The Morgan fingerprint density at radius 2 is 2.28 bits per heavy atom. The number of ether oxygens (including phenoxy) is 1. The zero-order valence-corrected chi connectivity index (χ0v) is 10.3. The van der Waals surface area contributed by atoms with Crippen molar-refractivity contribution in [3.8, 4) is 11.5 Å². The van der Waals surface area contributed by atoms with Crippen molar-refractivity contribution in [1.82, 2.24) is 19.6 Å². The summed E-state index contributed by atoms with van der Waals surface area (Å²) < 4.78 is 7.32. The van der Waals surface area contributed by atoms with E-state index in [-0.39, 0.29) is 0 Å². The van der Waals surface area contributed by atoms with Gasteiger partial charge in [0.1, 0.15) is 5.75 Å². The van der Waals surface area contributed by atoms with Crippen molar-refractivity contribution in [1.29, 1.82) is 0 Å². The molecule has 0 N–H and O–H groups in total. The molecule has 0 saturated carbocycles. The summed E-state index contributed by atoms with van der Waals surface area (Å²) in [6.45, 7) is 1.89. The van der Waals surface area contributed by atoms with Crippen LogP contribution in [0.5, 0.6) is 11.5 Å². The number of hydrogen-bond acceptors (Lipinski definition) is 4. The van der Waals surface area contributed by atoms with Crippen LogP contribution in [0, 0.1) is 6.92 Å². The van der Waals surface area contributed by atoms with Crippen molar-refractivity contribution >= 4 is 17.2 Å². The van der Waals surface area contributed by atoms with Crippen molar-refractivity contribution in [3.05, 3.63) is 47.6 Å². The zero-order valence-electron chi connectivity index (χ0n) is 9.54. The summed E-state index contributed by atoms with van der Waals surface area (Å²) >= 11 is 5.94. The third kappa shape index (κ3) is 2.00. The molecule has 18 heavy (non-hydrogen) atoms. The summed E-state index contributed by atoms with van der Waals surface area (Å²) in [6, 6.07) is 5.25. The minimum absolute atomic E-state index is 0.346. The molecule has 0 unspecified atom stereocenters. The SMILES string of the molecule is Cc1cn2nc(Cl)cc(Oc3cccnc3)c2n1. The molecule has 5 nitrogen and oxygen atoms in total. The fraction of sp³-hybridized carbons (Fsp3) is 0.0833. The lowest BCUT2D eigenvalue weighted by Gasteiger charge is -2.06. The average Bonchev–Trinajstić information content (AvgIpc) is 2.71. The second kappa shape index (κ2) is 4.27. The summed E-state index contributed by atoms with van der Waals surface area (Å²) in [5.74, 6) is 1.18. The van der Waals surface area contributed by atoms with Crippen molar-refractivity contribution in [3.63, 3.8) is 0 Å². The predicted octanol–water partition coefficient (Wildman–Crippen LogP) is 2.88. The van der Waals surface area contributed by atoms with E-state index in [0.717, 1.165) is 5.69 Å². The van der Waals surface area contributed by atoms with Gasteiger partial charge in [-0.3, -0.25) is 4.98 Å². The second-order valence-corrected chi connectivity index (χ2v) is 4.16. The number of aromatic nitrogens is 4. The molecule has 0 spiro atoms. The normalized spacial score (nSPS) is 10.8. The Morgan fingerprint density at radius 1 is 1.39 bits per heavy atom. The van der Waals surface area contributed by atoms with Crippen LogP contribution in [0.4, 0.5) is 0 Å². The number of imidazole rings is 1. The van der Waals surface area contributed by atoms with E-state index in [4.69, 9.17) is 16.3 Å². The Hall–Kier alpha value is -2.14. The Labute approximate surface area is 108 Å². The first-order valence-electron chi connectivity index (χ1n) is 5.33. The Morgan fingerprint density at radius 3 is 3.06 bits per heavy atom. The third-order valence-electron chi connectivity index (χ3n) is 2.34. The van der Waals surface area contributed by atoms with Gasteiger partial charge in [0.2, 0.25) is 0 Å². The molecule has 3 heterocycles. The molecule has 0 aliphatic rings. The highest BCUT2D eigenvalue weighted by Crippen LogP contribution is 2.26. The number of nitrogens with zero attached hydrogens (tertiary/aromatic N) is 4. The first-order chi connectivity index (χ1) is 8.72. The predicted molar refractivity (Wildman–Crippen MR) is 67.0 cm³/mol. The van der Waals surface area contributed by atoms with Crippen LogP contribution >= 0.6 is 11.6 Å². The van der Waals surface area contributed by atoms with E-state index in [1.807, 2.05) is 13.0 Å². The van der Waals surface area contributed by atoms with Crippen LogP contribution in [0.2, 0.25) is 5.15 Å². The van der Waals surface area contributed by atoms with Gasteiger partial charge in [0.05, 0.1) is 18.1 Å². The van der Waals surface area contributed by atoms with Crippen LogP contribution in [0.15, 0.2) is 36.8 Å². The Bertz CT molecular complexity index is 696. The van der Waals surface area contributed by atoms with E-state index >= 15 is 0 Å². The fourth-order valence-corrected chi connectivity index (χ4v) is 1.82. The largest absolute Gasteiger partial charge is 0.452 e. The van der Waals surface area contributed by atoms with Crippen molar-refractivity contribution in [2.45, 2.75) is 6.92 Å². The highest BCUT2D eigenvalue weighted by atomic mass is 35.5. The van der Waals surface area contributed by atoms with Gasteiger partial charge >= 0.3 is 0 Å². The van der Waals surface area contributed by atoms with Gasteiger partial charge in [0.15, 0.2) is 16.5 Å². The van der Waals surface area contributed by atoms with Gasteiger partial charge in [0.25, 0.3) is 0 Å². The van der Waals surface area contributed by atoms with Crippen LogP contribution in [-0.4, -0.2) is 19.6 Å². The molecule has 6 heteroatoms. The molecule has 0 bridgehead atoms. The lowest BCUT2D eigenvalue weighted by atomic mass is 10.4. The lowest BCUT2D eigenvalue weighted by molar-refractivity contribution is 0.480. The molecule has 3 rings (SSSR count). The fourth-order valence-electron chi connectivity index (χ4n) is 1.64. The maximum atomic E-state index is 5.94. The van der Waals surface area contributed by atoms with Gasteiger partial charge in [-0.1, -0.05) is 11.6 Å². The summed E-state index contributed by atoms with van der Waals surface area (Å²) in [5.41, 5.74) is 1.47. The van der Waals surface area contributed by atoms with Crippen LogP contribution in [0.25, 0.3) is 5.65 Å². The number of aryl methyl sites for hydroxylation is 1. The number of rotatable bonds is 2. The van der Waals surface area contributed by atoms with E-state index in [9.17, 15) is 0 Å². The van der Waals surface area contributed by atoms with Crippen LogP contribution in [0.1, 0.15) is 5.69 Å². The van der Waals surface area contributed by atoms with Gasteiger partial charge in [-0.2, -0.15) is 5.10 Å². The summed E-state index contributed by atoms with van der Waals surface area (Å²) in [7, 11) is 0. The summed E-state index contributed by atoms with van der Waals surface area (Å²) in [4.78, 5) is 8.33. The Kier molecular flexibility index (Phi) is 2.60. The van der Waals surface area contributed by atoms with Gasteiger partial charge in [-0.15, -0.1) is 0 Å². The van der Waals surface area contributed by atoms with Gasteiger partial charge < -0.3 is 4.74 Å². The molecule has 0 aromatic carbocycles. The zero-order chi connectivity index (χ0) is 12.5. The maximum absolute atomic E-state index is 5.94. The summed E-state index contributed by atoms with van der Waals surface area (Å²) in [5, 5.41) is 4.47.